The SMILES string of the molecule is c1ccc(-c2cc(-c3ccccc3)cc(-c3ccc(N(c4ccc5c(c4)C4(c6ccccc6-c6ccccc64)c4ccccc4-5)c4cc5ccccc5c5ccccc45)cc3)c2)cc1. The van der Waals surface area contributed by atoms with Gasteiger partial charge in [0.2, 0.25) is 0 Å². The van der Waals surface area contributed by atoms with E-state index in [1.807, 2.05) is 0 Å². The van der Waals surface area contributed by atoms with E-state index in [9.17, 15) is 0 Å². The van der Waals surface area contributed by atoms with Gasteiger partial charge in [-0.3, -0.25) is 0 Å². The third-order valence-corrected chi connectivity index (χ3v) is 13.8. The first-order valence-electron chi connectivity index (χ1n) is 22.2. The lowest BCUT2D eigenvalue weighted by Crippen LogP contribution is -2.26. The number of rotatable bonds is 6. The first-order chi connectivity index (χ1) is 31.7. The second-order valence-electron chi connectivity index (χ2n) is 17.2. The van der Waals surface area contributed by atoms with Gasteiger partial charge in [0, 0.05) is 16.8 Å². The summed E-state index contributed by atoms with van der Waals surface area (Å²) in [6.07, 6.45) is 0. The van der Waals surface area contributed by atoms with Crippen molar-refractivity contribution in [1.29, 1.82) is 0 Å². The largest absolute Gasteiger partial charge is 0.310 e. The molecule has 0 aliphatic heterocycles. The maximum Gasteiger partial charge on any atom is 0.0726 e. The Morgan fingerprint density at radius 1 is 0.250 bits per heavy atom. The molecule has 1 spiro atoms. The summed E-state index contributed by atoms with van der Waals surface area (Å²) in [5.41, 5.74) is 20.7. The Balaban J connectivity index is 1.04. The molecule has 64 heavy (non-hydrogen) atoms. The number of fused-ring (bicyclic) bond motifs is 13. The zero-order chi connectivity index (χ0) is 42.2. The summed E-state index contributed by atoms with van der Waals surface area (Å²) in [5.74, 6) is 0. The Bertz CT molecular complexity index is 3480. The van der Waals surface area contributed by atoms with Crippen LogP contribution in [0.1, 0.15) is 22.3 Å². The van der Waals surface area contributed by atoms with E-state index in [2.05, 4.69) is 254 Å². The Kier molecular flexibility index (Phi) is 8.20. The molecule has 0 fully saturated rings. The van der Waals surface area contributed by atoms with Crippen LogP contribution in [0.25, 0.3) is 77.2 Å². The van der Waals surface area contributed by atoms with E-state index in [0.717, 1.165) is 17.1 Å². The van der Waals surface area contributed by atoms with E-state index in [4.69, 9.17) is 0 Å². The number of nitrogens with zero attached hydrogens (tertiary/aromatic N) is 1. The van der Waals surface area contributed by atoms with Gasteiger partial charge in [0.15, 0.2) is 0 Å². The van der Waals surface area contributed by atoms with Gasteiger partial charge in [0.05, 0.1) is 11.1 Å². The molecule has 2 aliphatic rings. The maximum absolute atomic E-state index is 2.50. The highest BCUT2D eigenvalue weighted by Crippen LogP contribution is 2.63. The lowest BCUT2D eigenvalue weighted by Gasteiger charge is -2.32. The predicted molar refractivity (Wildman–Crippen MR) is 269 cm³/mol. The van der Waals surface area contributed by atoms with Crippen molar-refractivity contribution in [3.05, 3.63) is 271 Å². The van der Waals surface area contributed by atoms with Gasteiger partial charge in [-0.1, -0.05) is 200 Å². The van der Waals surface area contributed by atoms with Crippen LogP contribution in [0.2, 0.25) is 0 Å². The number of benzene rings is 11. The van der Waals surface area contributed by atoms with E-state index < -0.39 is 5.41 Å². The van der Waals surface area contributed by atoms with Crippen LogP contribution < -0.4 is 4.90 Å². The van der Waals surface area contributed by atoms with Gasteiger partial charge < -0.3 is 4.90 Å². The van der Waals surface area contributed by atoms with Gasteiger partial charge >= 0.3 is 0 Å². The van der Waals surface area contributed by atoms with Crippen molar-refractivity contribution in [3.8, 4) is 55.6 Å². The molecule has 1 heteroatoms. The van der Waals surface area contributed by atoms with Gasteiger partial charge in [-0.25, -0.2) is 0 Å². The van der Waals surface area contributed by atoms with Crippen molar-refractivity contribution in [3.63, 3.8) is 0 Å². The molecule has 0 aromatic heterocycles. The highest BCUT2D eigenvalue weighted by molar-refractivity contribution is 6.14. The third kappa shape index (κ3) is 5.44. The average molecular weight is 812 g/mol. The summed E-state index contributed by atoms with van der Waals surface area (Å²) in [5, 5.41) is 4.93. The molecule has 13 rings (SSSR count). The second kappa shape index (κ2) is 14.4. The summed E-state index contributed by atoms with van der Waals surface area (Å²) in [6, 6.07) is 92.2. The summed E-state index contributed by atoms with van der Waals surface area (Å²) in [4.78, 5) is 2.50. The zero-order valence-electron chi connectivity index (χ0n) is 35.1. The monoisotopic (exact) mass is 811 g/mol. The molecule has 0 saturated heterocycles. The second-order valence-corrected chi connectivity index (χ2v) is 17.2. The molecule has 0 heterocycles. The topological polar surface area (TPSA) is 3.24 Å². The average Bonchev–Trinajstić information content (AvgIpc) is 3.84. The highest BCUT2D eigenvalue weighted by Gasteiger charge is 2.51. The predicted octanol–water partition coefficient (Wildman–Crippen LogP) is 16.8. The standard InChI is InChI=1S/C63H41N/c1-3-17-42(18-4-1)46-37-47(43-19-5-2-6-20-43)39-48(38-46)44-31-33-49(34-32-44)64(62-40-45-21-7-8-22-51(45)52-23-9-10-27-57(52)62)50-35-36-56-55-26-13-16-30-60(55)63(61(56)41-50)58-28-14-11-24-53(58)54-25-12-15-29-59(54)63/h1-41H. The molecule has 0 saturated carbocycles. The Morgan fingerprint density at radius 3 is 1.23 bits per heavy atom. The molecular formula is C63H41N. The molecule has 0 atom stereocenters. The van der Waals surface area contributed by atoms with Crippen LogP contribution in [-0.4, -0.2) is 0 Å². The third-order valence-electron chi connectivity index (χ3n) is 13.8. The van der Waals surface area contributed by atoms with Crippen LogP contribution in [0.4, 0.5) is 17.1 Å². The van der Waals surface area contributed by atoms with Gasteiger partial charge in [0.1, 0.15) is 0 Å². The van der Waals surface area contributed by atoms with Gasteiger partial charge in [-0.2, -0.15) is 0 Å². The molecular weight excluding hydrogens is 771 g/mol. The molecule has 298 valence electrons. The minimum Gasteiger partial charge on any atom is -0.310 e. The maximum atomic E-state index is 2.50. The van der Waals surface area contributed by atoms with Crippen LogP contribution in [-0.2, 0) is 5.41 Å². The quantitative estimate of drug-likeness (QED) is 0.151. The molecule has 1 nitrogen and oxygen atoms in total. The minimum absolute atomic E-state index is 0.448. The van der Waals surface area contributed by atoms with Crippen LogP contribution in [0.3, 0.4) is 0 Å². The van der Waals surface area contributed by atoms with Crippen molar-refractivity contribution in [2.75, 3.05) is 4.90 Å². The van der Waals surface area contributed by atoms with E-state index >= 15 is 0 Å². The lowest BCUT2D eigenvalue weighted by molar-refractivity contribution is 0.793. The normalized spacial score (nSPS) is 12.8. The number of anilines is 3. The highest BCUT2D eigenvalue weighted by atomic mass is 15.1. The Hall–Kier alpha value is -8.26. The van der Waals surface area contributed by atoms with Crippen molar-refractivity contribution in [2.24, 2.45) is 0 Å². The summed E-state index contributed by atoms with van der Waals surface area (Å²) >= 11 is 0. The van der Waals surface area contributed by atoms with Gasteiger partial charge in [0.25, 0.3) is 0 Å². The smallest absolute Gasteiger partial charge is 0.0726 e. The van der Waals surface area contributed by atoms with Crippen LogP contribution in [0.5, 0.6) is 0 Å². The fourth-order valence-corrected chi connectivity index (χ4v) is 11.1. The number of hydrogen-bond acceptors (Lipinski definition) is 1. The van der Waals surface area contributed by atoms with Crippen molar-refractivity contribution in [1.82, 2.24) is 0 Å². The first kappa shape index (κ1) is 36.4. The van der Waals surface area contributed by atoms with Crippen molar-refractivity contribution >= 4 is 38.6 Å². The van der Waals surface area contributed by atoms with Gasteiger partial charge in [-0.05, 0) is 143 Å². The number of hydrogen-bond donors (Lipinski definition) is 0. The van der Waals surface area contributed by atoms with Crippen LogP contribution in [0.15, 0.2) is 249 Å². The Morgan fingerprint density at radius 2 is 0.672 bits per heavy atom. The molecule has 0 bridgehead atoms. The molecule has 11 aromatic carbocycles. The van der Waals surface area contributed by atoms with E-state index in [-0.39, 0.29) is 0 Å². The molecule has 0 unspecified atom stereocenters. The Labute approximate surface area is 373 Å². The molecule has 11 aromatic rings. The lowest BCUT2D eigenvalue weighted by atomic mass is 9.70. The van der Waals surface area contributed by atoms with E-state index in [0.29, 0.717) is 0 Å². The summed E-state index contributed by atoms with van der Waals surface area (Å²) in [6.45, 7) is 0. The van der Waals surface area contributed by atoms with E-state index in [1.54, 1.807) is 0 Å². The minimum atomic E-state index is -0.448. The molecule has 0 amide bonds. The first-order valence-corrected chi connectivity index (χ1v) is 22.2. The van der Waals surface area contributed by atoms with Crippen LogP contribution >= 0.6 is 0 Å². The molecule has 2 aliphatic carbocycles. The van der Waals surface area contributed by atoms with Crippen molar-refractivity contribution < 1.29 is 0 Å². The summed E-state index contributed by atoms with van der Waals surface area (Å²) in [7, 11) is 0. The fourth-order valence-electron chi connectivity index (χ4n) is 11.1. The van der Waals surface area contributed by atoms with Crippen LogP contribution in [0, 0.1) is 0 Å². The zero-order valence-corrected chi connectivity index (χ0v) is 35.1. The van der Waals surface area contributed by atoms with E-state index in [1.165, 1.54) is 99.4 Å². The summed E-state index contributed by atoms with van der Waals surface area (Å²) < 4.78 is 0. The van der Waals surface area contributed by atoms with Crippen molar-refractivity contribution in [2.45, 2.75) is 5.41 Å². The van der Waals surface area contributed by atoms with Gasteiger partial charge in [-0.15, -0.1) is 0 Å². The fraction of sp³-hybridized carbons (Fsp3) is 0.0159. The molecule has 0 N–H and O–H groups in total. The molecule has 0 radical (unpaired) electrons.